The predicted octanol–water partition coefficient (Wildman–Crippen LogP) is 2.29. The van der Waals surface area contributed by atoms with Gasteiger partial charge in [-0.3, -0.25) is 9.59 Å². The Morgan fingerprint density at radius 3 is 2.32 bits per heavy atom. The largest absolute Gasteiger partial charge is 0.459 e. The van der Waals surface area contributed by atoms with E-state index in [4.69, 9.17) is 4.42 Å². The summed E-state index contributed by atoms with van der Waals surface area (Å²) in [5.74, 6) is 0.916. The van der Waals surface area contributed by atoms with Crippen molar-refractivity contribution in [1.82, 2.24) is 19.8 Å². The van der Waals surface area contributed by atoms with E-state index in [1.54, 1.807) is 29.4 Å². The molecule has 1 fully saturated rings. The summed E-state index contributed by atoms with van der Waals surface area (Å²) >= 11 is 0. The van der Waals surface area contributed by atoms with Gasteiger partial charge in [0.1, 0.15) is 11.5 Å². The number of furan rings is 1. The predicted molar refractivity (Wildman–Crippen MR) is 105 cm³/mol. The number of carbonyl (C=O) groups excluding carboxylic acids is 2. The van der Waals surface area contributed by atoms with Crippen molar-refractivity contribution in [1.29, 1.82) is 0 Å². The zero-order valence-corrected chi connectivity index (χ0v) is 16.5. The van der Waals surface area contributed by atoms with Gasteiger partial charge in [0.05, 0.1) is 18.7 Å². The average molecular weight is 385 g/mol. The van der Waals surface area contributed by atoms with Crippen molar-refractivity contribution in [3.05, 3.63) is 42.2 Å². The molecule has 0 spiro atoms. The smallest absolute Gasteiger partial charge is 0.289 e. The van der Waals surface area contributed by atoms with E-state index in [9.17, 15) is 9.59 Å². The number of nitrogens with zero attached hydrogens (tertiary/aromatic N) is 5. The molecule has 0 aromatic carbocycles. The first-order chi connectivity index (χ1) is 13.6. The van der Waals surface area contributed by atoms with Crippen LogP contribution in [0.3, 0.4) is 0 Å². The summed E-state index contributed by atoms with van der Waals surface area (Å²) < 4.78 is 5.19. The summed E-state index contributed by atoms with van der Waals surface area (Å²) in [5.41, 5.74) is 0.372. The fraction of sp³-hybridized carbons (Fsp3) is 0.500. The molecule has 2 amide bonds. The Morgan fingerprint density at radius 2 is 1.79 bits per heavy atom. The Morgan fingerprint density at radius 1 is 1.07 bits per heavy atom. The average Bonchev–Trinajstić information content (AvgIpc) is 3.28. The molecule has 3 rings (SSSR count). The van der Waals surface area contributed by atoms with Gasteiger partial charge < -0.3 is 19.1 Å². The minimum Gasteiger partial charge on any atom is -0.459 e. The molecule has 1 aliphatic rings. The van der Waals surface area contributed by atoms with E-state index in [0.29, 0.717) is 37.6 Å². The molecule has 0 unspecified atom stereocenters. The normalized spacial score (nSPS) is 14.2. The highest BCUT2D eigenvalue weighted by Crippen LogP contribution is 2.15. The summed E-state index contributed by atoms with van der Waals surface area (Å²) in [4.78, 5) is 39.4. The Kier molecular flexibility index (Phi) is 6.62. The van der Waals surface area contributed by atoms with Gasteiger partial charge in [-0.05, 0) is 25.0 Å². The molecule has 0 bridgehead atoms. The maximum absolute atomic E-state index is 12.6. The summed E-state index contributed by atoms with van der Waals surface area (Å²) in [5, 5.41) is 0. The summed E-state index contributed by atoms with van der Waals surface area (Å²) in [6, 6.07) is 3.39. The minimum atomic E-state index is -0.0939. The lowest BCUT2D eigenvalue weighted by Gasteiger charge is -2.34. The maximum atomic E-state index is 12.6. The highest BCUT2D eigenvalue weighted by Gasteiger charge is 2.25. The van der Waals surface area contributed by atoms with Crippen molar-refractivity contribution in [2.45, 2.75) is 26.7 Å². The lowest BCUT2D eigenvalue weighted by atomic mass is 10.2. The molecule has 8 heteroatoms. The SMILES string of the molecule is CCCN(CCC)C(=O)c1cnc(N2CCN(C(=O)c3ccco3)CC2)cn1. The van der Waals surface area contributed by atoms with Gasteiger partial charge in [0.2, 0.25) is 0 Å². The number of anilines is 1. The van der Waals surface area contributed by atoms with Crippen LogP contribution in [0.4, 0.5) is 5.82 Å². The third-order valence-corrected chi connectivity index (χ3v) is 4.75. The number of rotatable bonds is 7. The van der Waals surface area contributed by atoms with Crippen LogP contribution in [-0.2, 0) is 0 Å². The van der Waals surface area contributed by atoms with Crippen LogP contribution in [0.15, 0.2) is 35.2 Å². The van der Waals surface area contributed by atoms with Crippen molar-refractivity contribution >= 4 is 17.6 Å². The molecule has 0 atom stereocenters. The molecule has 0 N–H and O–H groups in total. The number of hydrogen-bond donors (Lipinski definition) is 0. The van der Waals surface area contributed by atoms with E-state index in [1.807, 2.05) is 4.90 Å². The first kappa shape index (κ1) is 19.9. The first-order valence-corrected chi connectivity index (χ1v) is 9.83. The highest BCUT2D eigenvalue weighted by atomic mass is 16.3. The molecule has 2 aromatic heterocycles. The number of piperazine rings is 1. The third kappa shape index (κ3) is 4.49. The third-order valence-electron chi connectivity index (χ3n) is 4.75. The van der Waals surface area contributed by atoms with Gasteiger partial charge in [0, 0.05) is 39.3 Å². The van der Waals surface area contributed by atoms with E-state index in [-0.39, 0.29) is 11.8 Å². The quantitative estimate of drug-likeness (QED) is 0.727. The molecule has 150 valence electrons. The van der Waals surface area contributed by atoms with Crippen LogP contribution in [0, 0.1) is 0 Å². The Bertz CT molecular complexity index is 762. The van der Waals surface area contributed by atoms with Gasteiger partial charge in [0.15, 0.2) is 5.76 Å². The van der Waals surface area contributed by atoms with Crippen molar-refractivity contribution in [3.63, 3.8) is 0 Å². The van der Waals surface area contributed by atoms with E-state index in [0.717, 1.165) is 31.7 Å². The number of aromatic nitrogens is 2. The second-order valence-electron chi connectivity index (χ2n) is 6.81. The Hall–Kier alpha value is -2.90. The van der Waals surface area contributed by atoms with Crippen molar-refractivity contribution in [3.8, 4) is 0 Å². The molecular weight excluding hydrogens is 358 g/mol. The lowest BCUT2D eigenvalue weighted by molar-refractivity contribution is 0.0712. The van der Waals surface area contributed by atoms with Crippen LogP contribution < -0.4 is 4.90 Å². The topological polar surface area (TPSA) is 82.8 Å². The molecule has 0 aliphatic carbocycles. The van der Waals surface area contributed by atoms with Crippen LogP contribution in [-0.4, -0.2) is 70.9 Å². The highest BCUT2D eigenvalue weighted by molar-refractivity contribution is 5.92. The molecular formula is C20H27N5O3. The van der Waals surface area contributed by atoms with Crippen LogP contribution in [0.1, 0.15) is 47.7 Å². The van der Waals surface area contributed by atoms with Crippen molar-refractivity contribution < 1.29 is 14.0 Å². The molecule has 0 radical (unpaired) electrons. The number of amides is 2. The van der Waals surface area contributed by atoms with Gasteiger partial charge >= 0.3 is 0 Å². The Balaban J connectivity index is 1.58. The summed E-state index contributed by atoms with van der Waals surface area (Å²) in [7, 11) is 0. The van der Waals surface area contributed by atoms with Crippen LogP contribution >= 0.6 is 0 Å². The zero-order chi connectivity index (χ0) is 19.9. The van der Waals surface area contributed by atoms with Gasteiger partial charge in [-0.15, -0.1) is 0 Å². The van der Waals surface area contributed by atoms with Crippen LogP contribution in [0.25, 0.3) is 0 Å². The van der Waals surface area contributed by atoms with E-state index < -0.39 is 0 Å². The molecule has 3 heterocycles. The second-order valence-corrected chi connectivity index (χ2v) is 6.81. The lowest BCUT2D eigenvalue weighted by Crippen LogP contribution is -2.49. The summed E-state index contributed by atoms with van der Waals surface area (Å²) in [6.45, 7) is 8.05. The number of hydrogen-bond acceptors (Lipinski definition) is 6. The van der Waals surface area contributed by atoms with Gasteiger partial charge in [-0.25, -0.2) is 9.97 Å². The fourth-order valence-corrected chi connectivity index (χ4v) is 3.31. The molecule has 2 aromatic rings. The van der Waals surface area contributed by atoms with Crippen LogP contribution in [0.2, 0.25) is 0 Å². The molecule has 0 saturated carbocycles. The maximum Gasteiger partial charge on any atom is 0.289 e. The first-order valence-electron chi connectivity index (χ1n) is 9.83. The molecule has 28 heavy (non-hydrogen) atoms. The van der Waals surface area contributed by atoms with Gasteiger partial charge in [-0.1, -0.05) is 13.8 Å². The van der Waals surface area contributed by atoms with Crippen molar-refractivity contribution in [2.75, 3.05) is 44.2 Å². The standard InChI is InChI=1S/C20H27N5O3/c1-3-7-24(8-4-2)19(26)16-14-22-18(15-21-16)23-9-11-25(12-10-23)20(27)17-6-5-13-28-17/h5-6,13-15H,3-4,7-12H2,1-2H3. The molecule has 1 saturated heterocycles. The zero-order valence-electron chi connectivity index (χ0n) is 16.5. The van der Waals surface area contributed by atoms with Crippen molar-refractivity contribution in [2.24, 2.45) is 0 Å². The number of carbonyl (C=O) groups is 2. The molecule has 8 nitrogen and oxygen atoms in total. The van der Waals surface area contributed by atoms with Gasteiger partial charge in [-0.2, -0.15) is 0 Å². The Labute approximate surface area is 165 Å². The minimum absolute atomic E-state index is 0.0726. The molecule has 1 aliphatic heterocycles. The van der Waals surface area contributed by atoms with Crippen LogP contribution in [0.5, 0.6) is 0 Å². The summed E-state index contributed by atoms with van der Waals surface area (Å²) in [6.07, 6.45) is 6.53. The van der Waals surface area contributed by atoms with E-state index >= 15 is 0 Å². The fourth-order valence-electron chi connectivity index (χ4n) is 3.31. The monoisotopic (exact) mass is 385 g/mol. The second kappa shape index (κ2) is 9.34. The van der Waals surface area contributed by atoms with E-state index in [1.165, 1.54) is 6.26 Å². The van der Waals surface area contributed by atoms with E-state index in [2.05, 4.69) is 28.7 Å². The van der Waals surface area contributed by atoms with Gasteiger partial charge in [0.25, 0.3) is 11.8 Å².